The Kier molecular flexibility index (Phi) is 9.50. The van der Waals surface area contributed by atoms with E-state index in [0.29, 0.717) is 38.5 Å². The van der Waals surface area contributed by atoms with Crippen LogP contribution in [0.1, 0.15) is 86.5 Å². The minimum absolute atomic E-state index is 0.0271. The molecule has 11 unspecified atom stereocenters. The lowest BCUT2D eigenvalue weighted by Crippen LogP contribution is -2.63. The first-order valence-corrected chi connectivity index (χ1v) is 16.7. The van der Waals surface area contributed by atoms with Crippen molar-refractivity contribution >= 4 is 34.0 Å². The summed E-state index contributed by atoms with van der Waals surface area (Å²) in [6.07, 6.45) is 2.75. The Morgan fingerprint density at radius 2 is 1.52 bits per heavy atom. The summed E-state index contributed by atoms with van der Waals surface area (Å²) in [5.41, 5.74) is -1.06. The molecule has 0 radical (unpaired) electrons. The molecule has 0 spiro atoms. The number of halogens is 2. The van der Waals surface area contributed by atoms with Gasteiger partial charge in [0.15, 0.2) is 6.61 Å². The Labute approximate surface area is 256 Å². The number of carbonyl (C=O) groups excluding carboxylic acids is 4. The van der Waals surface area contributed by atoms with Gasteiger partial charge in [-0.15, -0.1) is 0 Å². The molecular formula is C30H44F2O11S. The van der Waals surface area contributed by atoms with Crippen LogP contribution in [0.5, 0.6) is 0 Å². The molecule has 0 bridgehead atoms. The van der Waals surface area contributed by atoms with Gasteiger partial charge in [0.2, 0.25) is 0 Å². The zero-order valence-electron chi connectivity index (χ0n) is 26.0. The van der Waals surface area contributed by atoms with Gasteiger partial charge >= 0.3 is 39.2 Å². The molecule has 11 atom stereocenters. The smallest absolute Gasteiger partial charge is 0.402 e. The molecule has 0 saturated heterocycles. The first kappa shape index (κ1) is 34.5. The number of carbonyl (C=O) groups is 4. The zero-order valence-corrected chi connectivity index (χ0v) is 26.9. The van der Waals surface area contributed by atoms with Crippen LogP contribution in [0.15, 0.2) is 0 Å². The second kappa shape index (κ2) is 12.1. The Balaban J connectivity index is 1.68. The molecule has 1 N–H and O–H groups in total. The molecule has 0 aromatic carbocycles. The maximum atomic E-state index is 13.8. The van der Waals surface area contributed by atoms with E-state index in [2.05, 4.69) is 6.92 Å². The maximum absolute atomic E-state index is 13.8. The van der Waals surface area contributed by atoms with E-state index in [4.69, 9.17) is 23.5 Å². The largest absolute Gasteiger partial charge is 0.463 e. The van der Waals surface area contributed by atoms with Crippen molar-refractivity contribution in [2.75, 3.05) is 6.61 Å². The molecule has 0 amide bonds. The predicted molar refractivity (Wildman–Crippen MR) is 149 cm³/mol. The monoisotopic (exact) mass is 650 g/mol. The molecule has 4 saturated carbocycles. The Hall–Kier alpha value is -2.35. The van der Waals surface area contributed by atoms with Crippen molar-refractivity contribution in [2.45, 2.75) is 110 Å². The summed E-state index contributed by atoms with van der Waals surface area (Å²) >= 11 is 0. The van der Waals surface area contributed by atoms with Crippen molar-refractivity contribution in [3.63, 3.8) is 0 Å². The Morgan fingerprint density at radius 3 is 2.09 bits per heavy atom. The highest BCUT2D eigenvalue weighted by Gasteiger charge is 2.68. The fourth-order valence-electron chi connectivity index (χ4n) is 9.53. The standard InChI is InChI=1S/C30H44F2O11S/c1-15(27(36)40-14-30(31,32)44(37,38)39)21-7-8-22-26-23(13-25(29(21,22)6)43-18(4)35)28(5)10-9-20(41-16(2)33)11-19(28)12-24(26)42-17(3)34/h15,19-26H,7-14H2,1-6H3,(H,37,38,39). The van der Waals surface area contributed by atoms with Crippen molar-refractivity contribution in [3.8, 4) is 0 Å². The molecule has 44 heavy (non-hydrogen) atoms. The van der Waals surface area contributed by atoms with Crippen LogP contribution in [0.4, 0.5) is 8.78 Å². The number of fused-ring (bicyclic) bond motifs is 5. The van der Waals surface area contributed by atoms with Gasteiger partial charge in [-0.3, -0.25) is 23.7 Å². The van der Waals surface area contributed by atoms with Crippen LogP contribution in [0.3, 0.4) is 0 Å². The van der Waals surface area contributed by atoms with E-state index in [0.717, 1.165) is 6.42 Å². The van der Waals surface area contributed by atoms with E-state index in [1.807, 2.05) is 6.92 Å². The average Bonchev–Trinajstić information content (AvgIpc) is 3.24. The minimum atomic E-state index is -5.78. The van der Waals surface area contributed by atoms with Gasteiger partial charge in [-0.1, -0.05) is 20.8 Å². The van der Waals surface area contributed by atoms with E-state index in [9.17, 15) is 36.4 Å². The van der Waals surface area contributed by atoms with Crippen molar-refractivity contribution in [3.05, 3.63) is 0 Å². The quantitative estimate of drug-likeness (QED) is 0.226. The summed E-state index contributed by atoms with van der Waals surface area (Å²) in [5.74, 6) is -4.07. The summed E-state index contributed by atoms with van der Waals surface area (Å²) in [7, 11) is -5.78. The number of hydrogen-bond donors (Lipinski definition) is 1. The predicted octanol–water partition coefficient (Wildman–Crippen LogP) is 4.32. The molecule has 0 aromatic rings. The van der Waals surface area contributed by atoms with E-state index in [-0.39, 0.29) is 41.2 Å². The van der Waals surface area contributed by atoms with Crippen LogP contribution in [0, 0.1) is 46.3 Å². The normalized spacial score (nSPS) is 39.1. The molecule has 0 heterocycles. The van der Waals surface area contributed by atoms with Gasteiger partial charge in [-0.2, -0.15) is 17.2 Å². The summed E-state index contributed by atoms with van der Waals surface area (Å²) in [4.78, 5) is 49.6. The number of ether oxygens (including phenoxy) is 4. The van der Waals surface area contributed by atoms with Crippen molar-refractivity contribution in [1.29, 1.82) is 0 Å². The third kappa shape index (κ3) is 6.21. The first-order valence-electron chi connectivity index (χ1n) is 15.3. The van der Waals surface area contributed by atoms with E-state index >= 15 is 0 Å². The molecule has 250 valence electrons. The molecule has 4 aliphatic carbocycles. The second-order valence-corrected chi connectivity index (χ2v) is 15.3. The summed E-state index contributed by atoms with van der Waals surface area (Å²) in [6, 6.07) is 0. The van der Waals surface area contributed by atoms with Gasteiger partial charge in [-0.25, -0.2) is 0 Å². The van der Waals surface area contributed by atoms with Crippen LogP contribution in [-0.2, 0) is 48.2 Å². The molecule has 4 rings (SSSR count). The maximum Gasteiger partial charge on any atom is 0.402 e. The van der Waals surface area contributed by atoms with Gasteiger partial charge in [-0.05, 0) is 74.0 Å². The van der Waals surface area contributed by atoms with Crippen LogP contribution >= 0.6 is 0 Å². The third-order valence-electron chi connectivity index (χ3n) is 11.4. The first-order chi connectivity index (χ1) is 20.2. The van der Waals surface area contributed by atoms with Gasteiger partial charge in [0.25, 0.3) is 0 Å². The number of hydrogen-bond acceptors (Lipinski definition) is 10. The number of rotatable bonds is 8. The highest BCUT2D eigenvalue weighted by atomic mass is 32.2. The second-order valence-electron chi connectivity index (χ2n) is 13.8. The van der Waals surface area contributed by atoms with Crippen LogP contribution in [0.2, 0.25) is 0 Å². The van der Waals surface area contributed by atoms with Crippen molar-refractivity contribution in [1.82, 2.24) is 0 Å². The molecule has 11 nitrogen and oxygen atoms in total. The highest BCUT2D eigenvalue weighted by molar-refractivity contribution is 7.86. The zero-order chi connectivity index (χ0) is 33.0. The summed E-state index contributed by atoms with van der Waals surface area (Å²) in [5, 5.41) is -4.66. The minimum Gasteiger partial charge on any atom is -0.463 e. The lowest BCUT2D eigenvalue weighted by Gasteiger charge is -2.64. The summed E-state index contributed by atoms with van der Waals surface area (Å²) in [6.45, 7) is 7.86. The van der Waals surface area contributed by atoms with Crippen molar-refractivity contribution < 1.29 is 59.9 Å². The molecule has 4 fully saturated rings. The molecular weight excluding hydrogens is 606 g/mol. The van der Waals surface area contributed by atoms with E-state index in [1.165, 1.54) is 27.7 Å². The highest BCUT2D eigenvalue weighted by Crippen LogP contribution is 2.69. The topological polar surface area (TPSA) is 160 Å². The number of alkyl halides is 2. The number of esters is 4. The van der Waals surface area contributed by atoms with Gasteiger partial charge in [0, 0.05) is 32.1 Å². The van der Waals surface area contributed by atoms with Crippen LogP contribution in [0.25, 0.3) is 0 Å². The van der Waals surface area contributed by atoms with Crippen LogP contribution in [-0.4, -0.2) is 67.0 Å². The van der Waals surface area contributed by atoms with Gasteiger partial charge in [0.1, 0.15) is 18.3 Å². The molecule has 0 aliphatic heterocycles. The van der Waals surface area contributed by atoms with Crippen LogP contribution < -0.4 is 0 Å². The average molecular weight is 651 g/mol. The molecule has 4 aliphatic rings. The Morgan fingerprint density at radius 1 is 0.909 bits per heavy atom. The van der Waals surface area contributed by atoms with E-state index in [1.54, 1.807) is 0 Å². The van der Waals surface area contributed by atoms with Gasteiger partial charge < -0.3 is 18.9 Å². The summed E-state index contributed by atoms with van der Waals surface area (Å²) < 4.78 is 80.7. The van der Waals surface area contributed by atoms with Crippen molar-refractivity contribution in [2.24, 2.45) is 46.3 Å². The fraction of sp³-hybridized carbons (Fsp3) is 0.867. The van der Waals surface area contributed by atoms with Gasteiger partial charge in [0.05, 0.1) is 5.92 Å². The molecule has 14 heteroatoms. The van der Waals surface area contributed by atoms with E-state index < -0.39 is 69.3 Å². The lowest BCUT2D eigenvalue weighted by atomic mass is 9.43. The third-order valence-corrected chi connectivity index (χ3v) is 12.3. The SMILES string of the molecule is CC(=O)OC1CCC2(C)C(C1)CC(OC(C)=O)C1C2CC(OC(C)=O)C2(C)C(C(C)C(=O)OCC(F)(F)S(=O)(=O)O)CCC12. The molecule has 0 aromatic heterocycles. The Bertz CT molecular complexity index is 1270. The fourth-order valence-corrected chi connectivity index (χ4v) is 9.74. The lowest BCUT2D eigenvalue weighted by molar-refractivity contribution is -0.225.